The molecule has 0 spiro atoms. The monoisotopic (exact) mass is 281 g/mol. The fourth-order valence-electron chi connectivity index (χ4n) is 1.83. The van der Waals surface area contributed by atoms with Crippen LogP contribution in [0.1, 0.15) is 17.2 Å². The fraction of sp³-hybridized carbons (Fsp3) is 0.214. The van der Waals surface area contributed by atoms with Gasteiger partial charge in [0, 0.05) is 24.4 Å². The zero-order valence-electron chi connectivity index (χ0n) is 10.3. The Bertz CT molecular complexity index is 577. The van der Waals surface area contributed by atoms with E-state index >= 15 is 0 Å². The van der Waals surface area contributed by atoms with Gasteiger partial charge in [-0.15, -0.1) is 0 Å². The number of pyridine rings is 1. The average Bonchev–Trinajstić information content (AvgIpc) is 2.39. The topological polar surface area (TPSA) is 42.4 Å². The number of benzene rings is 1. The van der Waals surface area contributed by atoms with Gasteiger partial charge in [0.15, 0.2) is 11.6 Å². The molecular formula is C14H13ClFNO2. The Morgan fingerprint density at radius 3 is 2.84 bits per heavy atom. The summed E-state index contributed by atoms with van der Waals surface area (Å²) in [6.45, 7) is 0. The predicted octanol–water partition coefficient (Wildman–Crippen LogP) is 3.16. The van der Waals surface area contributed by atoms with Crippen molar-refractivity contribution in [3.05, 3.63) is 58.6 Å². The van der Waals surface area contributed by atoms with E-state index in [1.54, 1.807) is 18.3 Å². The van der Waals surface area contributed by atoms with E-state index in [4.69, 9.17) is 16.3 Å². The number of halogens is 2. The normalized spacial score (nSPS) is 12.2. The van der Waals surface area contributed by atoms with E-state index < -0.39 is 11.9 Å². The Kier molecular flexibility index (Phi) is 4.35. The molecule has 0 aliphatic rings. The van der Waals surface area contributed by atoms with Gasteiger partial charge in [-0.1, -0.05) is 17.7 Å². The first-order valence-electron chi connectivity index (χ1n) is 5.71. The number of hydrogen-bond acceptors (Lipinski definition) is 3. The molecule has 0 bridgehead atoms. The van der Waals surface area contributed by atoms with Gasteiger partial charge in [-0.2, -0.15) is 0 Å². The molecule has 1 aromatic carbocycles. The summed E-state index contributed by atoms with van der Waals surface area (Å²) in [5.41, 5.74) is 1.24. The summed E-state index contributed by atoms with van der Waals surface area (Å²) in [6.07, 6.45) is 2.49. The van der Waals surface area contributed by atoms with Crippen molar-refractivity contribution in [2.24, 2.45) is 0 Å². The maximum Gasteiger partial charge on any atom is 0.165 e. The van der Waals surface area contributed by atoms with Crippen LogP contribution >= 0.6 is 11.6 Å². The van der Waals surface area contributed by atoms with Gasteiger partial charge in [0.2, 0.25) is 0 Å². The Hall–Kier alpha value is -1.65. The standard InChI is InChI=1S/C14H13ClFNO2/c1-19-14-3-2-9(6-12(14)16)7-13(18)10-4-5-17-8-11(10)15/h2-6,8,13,18H,7H2,1H3. The van der Waals surface area contributed by atoms with Crippen molar-refractivity contribution in [1.29, 1.82) is 0 Å². The molecule has 2 aromatic rings. The van der Waals surface area contributed by atoms with E-state index in [2.05, 4.69) is 4.98 Å². The lowest BCUT2D eigenvalue weighted by atomic mass is 10.0. The van der Waals surface area contributed by atoms with Gasteiger partial charge < -0.3 is 9.84 Å². The van der Waals surface area contributed by atoms with Crippen LogP contribution in [0.25, 0.3) is 0 Å². The lowest BCUT2D eigenvalue weighted by Crippen LogP contribution is -2.03. The number of nitrogens with zero attached hydrogens (tertiary/aromatic N) is 1. The minimum Gasteiger partial charge on any atom is -0.494 e. The van der Waals surface area contributed by atoms with Gasteiger partial charge in [0.05, 0.1) is 18.2 Å². The van der Waals surface area contributed by atoms with Crippen molar-refractivity contribution < 1.29 is 14.2 Å². The van der Waals surface area contributed by atoms with Gasteiger partial charge in [0.25, 0.3) is 0 Å². The maximum absolute atomic E-state index is 13.5. The quantitative estimate of drug-likeness (QED) is 0.936. The first kappa shape index (κ1) is 13.8. The summed E-state index contributed by atoms with van der Waals surface area (Å²) in [4.78, 5) is 3.85. The highest BCUT2D eigenvalue weighted by atomic mass is 35.5. The highest BCUT2D eigenvalue weighted by molar-refractivity contribution is 6.31. The van der Waals surface area contributed by atoms with E-state index in [9.17, 15) is 9.50 Å². The second-order valence-corrected chi connectivity index (χ2v) is 4.49. The lowest BCUT2D eigenvalue weighted by Gasteiger charge is -2.13. The molecule has 19 heavy (non-hydrogen) atoms. The Morgan fingerprint density at radius 2 is 2.21 bits per heavy atom. The summed E-state index contributed by atoms with van der Waals surface area (Å²) in [7, 11) is 1.41. The third-order valence-electron chi connectivity index (χ3n) is 2.81. The van der Waals surface area contributed by atoms with E-state index in [1.807, 2.05) is 0 Å². The number of hydrogen-bond donors (Lipinski definition) is 1. The van der Waals surface area contributed by atoms with Crippen LogP contribution in [-0.2, 0) is 6.42 Å². The fourth-order valence-corrected chi connectivity index (χ4v) is 2.07. The molecule has 1 aromatic heterocycles. The van der Waals surface area contributed by atoms with Crippen LogP contribution in [0.15, 0.2) is 36.7 Å². The van der Waals surface area contributed by atoms with Crippen LogP contribution in [0.5, 0.6) is 5.75 Å². The highest BCUT2D eigenvalue weighted by Gasteiger charge is 2.13. The third-order valence-corrected chi connectivity index (χ3v) is 3.12. The second kappa shape index (κ2) is 5.99. The molecule has 0 saturated carbocycles. The number of aliphatic hydroxyl groups excluding tert-OH is 1. The van der Waals surface area contributed by atoms with Crippen molar-refractivity contribution in [3.8, 4) is 5.75 Å². The van der Waals surface area contributed by atoms with Gasteiger partial charge >= 0.3 is 0 Å². The molecule has 0 fully saturated rings. The third kappa shape index (κ3) is 3.22. The summed E-state index contributed by atoms with van der Waals surface area (Å²) in [5.74, 6) is -0.270. The van der Waals surface area contributed by atoms with E-state index in [1.165, 1.54) is 25.4 Å². The van der Waals surface area contributed by atoms with Gasteiger partial charge in [0.1, 0.15) is 0 Å². The number of methoxy groups -OCH3 is 1. The molecule has 1 unspecified atom stereocenters. The van der Waals surface area contributed by atoms with Crippen LogP contribution in [0.2, 0.25) is 5.02 Å². The van der Waals surface area contributed by atoms with Crippen LogP contribution in [0, 0.1) is 5.82 Å². The van der Waals surface area contributed by atoms with Crippen LogP contribution < -0.4 is 4.74 Å². The van der Waals surface area contributed by atoms with Crippen LogP contribution in [0.3, 0.4) is 0 Å². The zero-order valence-corrected chi connectivity index (χ0v) is 11.1. The number of aromatic nitrogens is 1. The predicted molar refractivity (Wildman–Crippen MR) is 70.9 cm³/mol. The average molecular weight is 282 g/mol. The smallest absolute Gasteiger partial charge is 0.165 e. The van der Waals surface area contributed by atoms with Crippen molar-refractivity contribution in [2.75, 3.05) is 7.11 Å². The molecule has 3 nitrogen and oxygen atoms in total. The Morgan fingerprint density at radius 1 is 1.42 bits per heavy atom. The maximum atomic E-state index is 13.5. The summed E-state index contributed by atoms with van der Waals surface area (Å²) >= 11 is 5.95. The molecule has 0 aliphatic carbocycles. The molecule has 0 saturated heterocycles. The molecule has 100 valence electrons. The first-order chi connectivity index (χ1) is 9.11. The zero-order chi connectivity index (χ0) is 13.8. The molecule has 5 heteroatoms. The van der Waals surface area contributed by atoms with Gasteiger partial charge in [-0.3, -0.25) is 4.98 Å². The molecule has 1 N–H and O–H groups in total. The van der Waals surface area contributed by atoms with Crippen LogP contribution in [-0.4, -0.2) is 17.2 Å². The van der Waals surface area contributed by atoms with Crippen LogP contribution in [0.4, 0.5) is 4.39 Å². The molecule has 1 heterocycles. The molecular weight excluding hydrogens is 269 g/mol. The lowest BCUT2D eigenvalue weighted by molar-refractivity contribution is 0.178. The van der Waals surface area contributed by atoms with Crippen molar-refractivity contribution in [3.63, 3.8) is 0 Å². The van der Waals surface area contributed by atoms with E-state index in [0.717, 1.165) is 0 Å². The minimum atomic E-state index is -0.803. The van der Waals surface area contributed by atoms with Crippen molar-refractivity contribution in [2.45, 2.75) is 12.5 Å². The molecule has 0 radical (unpaired) electrons. The number of aliphatic hydroxyl groups is 1. The van der Waals surface area contributed by atoms with Crippen molar-refractivity contribution in [1.82, 2.24) is 4.98 Å². The largest absolute Gasteiger partial charge is 0.494 e. The summed E-state index contributed by atoms with van der Waals surface area (Å²) in [5, 5.41) is 10.5. The molecule has 0 amide bonds. The Balaban J connectivity index is 2.17. The first-order valence-corrected chi connectivity index (χ1v) is 6.09. The van der Waals surface area contributed by atoms with Crippen molar-refractivity contribution >= 4 is 11.6 Å². The number of ether oxygens (including phenoxy) is 1. The highest BCUT2D eigenvalue weighted by Crippen LogP contribution is 2.26. The molecule has 0 aliphatic heterocycles. The minimum absolute atomic E-state index is 0.181. The number of rotatable bonds is 4. The Labute approximate surface area is 115 Å². The van der Waals surface area contributed by atoms with E-state index in [0.29, 0.717) is 16.1 Å². The summed E-state index contributed by atoms with van der Waals surface area (Å²) in [6, 6.07) is 6.23. The SMILES string of the molecule is COc1ccc(CC(O)c2ccncc2Cl)cc1F. The van der Waals surface area contributed by atoms with E-state index in [-0.39, 0.29) is 12.2 Å². The second-order valence-electron chi connectivity index (χ2n) is 4.09. The summed E-state index contributed by atoms with van der Waals surface area (Å²) < 4.78 is 18.4. The van der Waals surface area contributed by atoms with Gasteiger partial charge in [-0.25, -0.2) is 4.39 Å². The molecule has 1 atom stereocenters. The van der Waals surface area contributed by atoms with Gasteiger partial charge in [-0.05, 0) is 23.8 Å². The molecule has 2 rings (SSSR count).